The summed E-state index contributed by atoms with van der Waals surface area (Å²) in [5, 5.41) is 0.953. The van der Waals surface area contributed by atoms with E-state index in [1.807, 2.05) is 12.1 Å². The Kier molecular flexibility index (Phi) is 2.85. The Morgan fingerprint density at radius 1 is 1.05 bits per heavy atom. The van der Waals surface area contributed by atoms with Crippen LogP contribution in [0, 0.1) is 0 Å². The smallest absolute Gasteiger partial charge is 0.417 e. The topological polar surface area (TPSA) is 37.9 Å². The first-order valence-electron chi connectivity index (χ1n) is 5.81. The maximum atomic E-state index is 12.4. The molecule has 102 valence electrons. The molecule has 20 heavy (non-hydrogen) atoms. The molecule has 0 spiro atoms. The highest BCUT2D eigenvalue weighted by Crippen LogP contribution is 2.30. The van der Waals surface area contributed by atoms with Crippen LogP contribution in [0.5, 0.6) is 11.6 Å². The summed E-state index contributed by atoms with van der Waals surface area (Å²) in [5.41, 5.74) is 0.156. The summed E-state index contributed by atoms with van der Waals surface area (Å²) in [5.74, 6) is 0.636. The molecule has 0 saturated carbocycles. The Bertz CT molecular complexity index is 732. The molecule has 0 amide bonds. The normalized spacial score (nSPS) is 11.8. The molecule has 3 nitrogen and oxygen atoms in total. The first-order chi connectivity index (χ1) is 9.52. The van der Waals surface area contributed by atoms with E-state index in [-0.39, 0.29) is 5.88 Å². The van der Waals surface area contributed by atoms with E-state index in [1.54, 1.807) is 18.3 Å². The van der Waals surface area contributed by atoms with Crippen molar-refractivity contribution in [1.29, 1.82) is 0 Å². The number of nitrogens with zero attached hydrogens (tertiary/aromatic N) is 1. The first kappa shape index (κ1) is 12.5. The summed E-state index contributed by atoms with van der Waals surface area (Å²) in [6, 6.07) is 9.35. The Balaban J connectivity index is 1.83. The molecule has 2 heterocycles. The molecule has 0 atom stereocenters. The van der Waals surface area contributed by atoms with E-state index in [0.717, 1.165) is 23.2 Å². The van der Waals surface area contributed by atoms with E-state index in [1.165, 1.54) is 6.07 Å². The van der Waals surface area contributed by atoms with Gasteiger partial charge < -0.3 is 9.72 Å². The molecule has 0 aliphatic carbocycles. The monoisotopic (exact) mass is 278 g/mol. The number of fused-ring (bicyclic) bond motifs is 1. The van der Waals surface area contributed by atoms with Crippen molar-refractivity contribution in [3.05, 3.63) is 54.4 Å². The molecule has 0 aliphatic heterocycles. The Morgan fingerprint density at radius 2 is 1.90 bits per heavy atom. The van der Waals surface area contributed by atoms with E-state index in [9.17, 15) is 13.2 Å². The van der Waals surface area contributed by atoms with Crippen molar-refractivity contribution in [2.24, 2.45) is 0 Å². The van der Waals surface area contributed by atoms with Crippen LogP contribution < -0.4 is 4.74 Å². The fraction of sp³-hybridized carbons (Fsp3) is 0.0714. The third-order valence-electron chi connectivity index (χ3n) is 2.81. The number of nitrogens with one attached hydrogen (secondary N) is 1. The van der Waals surface area contributed by atoms with Gasteiger partial charge in [0.05, 0.1) is 5.56 Å². The molecule has 3 rings (SSSR count). The number of alkyl halides is 3. The van der Waals surface area contributed by atoms with Crippen molar-refractivity contribution in [2.75, 3.05) is 0 Å². The van der Waals surface area contributed by atoms with Gasteiger partial charge in [-0.1, -0.05) is 0 Å². The quantitative estimate of drug-likeness (QED) is 0.755. The molecule has 1 aromatic carbocycles. The molecule has 0 unspecified atom stereocenters. The Hall–Kier alpha value is -2.50. The predicted molar refractivity (Wildman–Crippen MR) is 67.6 cm³/mol. The van der Waals surface area contributed by atoms with Gasteiger partial charge in [-0.15, -0.1) is 0 Å². The average molecular weight is 278 g/mol. The number of hydrogen-bond acceptors (Lipinski definition) is 2. The second kappa shape index (κ2) is 4.56. The van der Waals surface area contributed by atoms with Gasteiger partial charge in [-0.25, -0.2) is 4.98 Å². The zero-order valence-corrected chi connectivity index (χ0v) is 10.1. The minimum absolute atomic E-state index is 0.118. The van der Waals surface area contributed by atoms with E-state index in [0.29, 0.717) is 5.75 Å². The third-order valence-corrected chi connectivity index (χ3v) is 2.81. The maximum absolute atomic E-state index is 12.4. The highest BCUT2D eigenvalue weighted by Gasteiger charge is 2.30. The van der Waals surface area contributed by atoms with Crippen LogP contribution in [-0.2, 0) is 6.18 Å². The van der Waals surface area contributed by atoms with Crippen molar-refractivity contribution in [3.63, 3.8) is 0 Å². The molecule has 3 aromatic rings. The largest absolute Gasteiger partial charge is 0.439 e. The number of H-pyrrole nitrogens is 1. The summed E-state index contributed by atoms with van der Waals surface area (Å²) in [4.78, 5) is 6.70. The Morgan fingerprint density at radius 3 is 2.60 bits per heavy atom. The Labute approximate surface area is 112 Å². The van der Waals surface area contributed by atoms with Crippen molar-refractivity contribution < 1.29 is 17.9 Å². The standard InChI is InChI=1S/C14H9F3N2O/c15-14(16,17)10-1-4-13(19-8-10)20-11-2-3-12-9(7-11)5-6-18-12/h1-8,18H. The number of benzene rings is 1. The van der Waals surface area contributed by atoms with Gasteiger partial charge in [0.2, 0.25) is 5.88 Å². The van der Waals surface area contributed by atoms with Gasteiger partial charge in [-0.2, -0.15) is 13.2 Å². The lowest BCUT2D eigenvalue weighted by Gasteiger charge is -2.08. The fourth-order valence-corrected chi connectivity index (χ4v) is 1.82. The summed E-state index contributed by atoms with van der Waals surface area (Å²) in [6.07, 6.45) is -1.84. The highest BCUT2D eigenvalue weighted by atomic mass is 19.4. The zero-order valence-electron chi connectivity index (χ0n) is 10.1. The molecular weight excluding hydrogens is 269 g/mol. The molecule has 6 heteroatoms. The SMILES string of the molecule is FC(F)(F)c1ccc(Oc2ccc3[nH]ccc3c2)nc1. The lowest BCUT2D eigenvalue weighted by molar-refractivity contribution is -0.137. The van der Waals surface area contributed by atoms with Gasteiger partial charge in [0.1, 0.15) is 5.75 Å². The van der Waals surface area contributed by atoms with E-state index in [2.05, 4.69) is 9.97 Å². The molecule has 2 aromatic heterocycles. The van der Waals surface area contributed by atoms with Gasteiger partial charge in [0.25, 0.3) is 0 Å². The second-order valence-electron chi connectivity index (χ2n) is 4.21. The minimum atomic E-state index is -4.39. The van der Waals surface area contributed by atoms with Crippen molar-refractivity contribution in [3.8, 4) is 11.6 Å². The van der Waals surface area contributed by atoms with Crippen molar-refractivity contribution >= 4 is 10.9 Å². The first-order valence-corrected chi connectivity index (χ1v) is 5.81. The summed E-state index contributed by atoms with van der Waals surface area (Å²) < 4.78 is 42.6. The third kappa shape index (κ3) is 2.45. The van der Waals surface area contributed by atoms with Crippen LogP contribution in [0.1, 0.15) is 5.56 Å². The fourth-order valence-electron chi connectivity index (χ4n) is 1.82. The van der Waals surface area contributed by atoms with Crippen LogP contribution in [0.25, 0.3) is 10.9 Å². The number of aromatic nitrogens is 2. The van der Waals surface area contributed by atoms with Crippen molar-refractivity contribution in [2.45, 2.75) is 6.18 Å². The lowest BCUT2D eigenvalue weighted by Crippen LogP contribution is -2.05. The number of hydrogen-bond donors (Lipinski definition) is 1. The number of rotatable bonds is 2. The van der Waals surface area contributed by atoms with Crippen molar-refractivity contribution in [1.82, 2.24) is 9.97 Å². The highest BCUT2D eigenvalue weighted by molar-refractivity contribution is 5.80. The lowest BCUT2D eigenvalue weighted by atomic mass is 10.2. The average Bonchev–Trinajstić information content (AvgIpc) is 2.86. The van der Waals surface area contributed by atoms with Gasteiger partial charge >= 0.3 is 6.18 Å². The number of ether oxygens (including phenoxy) is 1. The van der Waals surface area contributed by atoms with Crippen LogP contribution >= 0.6 is 0 Å². The number of halogens is 3. The van der Waals surface area contributed by atoms with Gasteiger partial charge in [0, 0.05) is 29.4 Å². The number of pyridine rings is 1. The number of aromatic amines is 1. The van der Waals surface area contributed by atoms with E-state index in [4.69, 9.17) is 4.74 Å². The maximum Gasteiger partial charge on any atom is 0.417 e. The van der Waals surface area contributed by atoms with Crippen LogP contribution in [0.2, 0.25) is 0 Å². The van der Waals surface area contributed by atoms with Crippen LogP contribution in [0.3, 0.4) is 0 Å². The summed E-state index contributed by atoms with van der Waals surface area (Å²) in [7, 11) is 0. The summed E-state index contributed by atoms with van der Waals surface area (Å²) >= 11 is 0. The molecule has 0 fully saturated rings. The molecule has 0 radical (unpaired) electrons. The van der Waals surface area contributed by atoms with Crippen LogP contribution in [-0.4, -0.2) is 9.97 Å². The molecule has 1 N–H and O–H groups in total. The predicted octanol–water partition coefficient (Wildman–Crippen LogP) is 4.37. The van der Waals surface area contributed by atoms with Crippen LogP contribution in [0.15, 0.2) is 48.8 Å². The van der Waals surface area contributed by atoms with E-state index < -0.39 is 11.7 Å². The second-order valence-corrected chi connectivity index (χ2v) is 4.21. The van der Waals surface area contributed by atoms with Gasteiger partial charge in [-0.05, 0) is 30.3 Å². The zero-order chi connectivity index (χ0) is 14.2. The van der Waals surface area contributed by atoms with Crippen LogP contribution in [0.4, 0.5) is 13.2 Å². The van der Waals surface area contributed by atoms with E-state index >= 15 is 0 Å². The van der Waals surface area contributed by atoms with Gasteiger partial charge in [-0.3, -0.25) is 0 Å². The molecule has 0 aliphatic rings. The molecular formula is C14H9F3N2O. The minimum Gasteiger partial charge on any atom is -0.439 e. The molecule has 0 bridgehead atoms. The summed E-state index contributed by atoms with van der Waals surface area (Å²) in [6.45, 7) is 0. The van der Waals surface area contributed by atoms with Gasteiger partial charge in [0.15, 0.2) is 0 Å². The molecule has 0 saturated heterocycles.